The molecule has 12 heavy (non-hydrogen) atoms. The van der Waals surface area contributed by atoms with Gasteiger partial charge in [-0.25, -0.2) is 4.39 Å². The molecule has 0 aromatic heterocycles. The average molecular weight is 168 g/mol. The minimum atomic E-state index is -0.462. The van der Waals surface area contributed by atoms with Crippen molar-refractivity contribution in [3.63, 3.8) is 0 Å². The molecule has 0 unspecified atom stereocenters. The highest BCUT2D eigenvalue weighted by Crippen LogP contribution is 2.26. The van der Waals surface area contributed by atoms with E-state index >= 15 is 0 Å². The second kappa shape index (κ2) is 3.57. The Balaban J connectivity index is 3.28. The highest BCUT2D eigenvalue weighted by molar-refractivity contribution is 5.45. The van der Waals surface area contributed by atoms with Crippen molar-refractivity contribution in [1.82, 2.24) is 0 Å². The fourth-order valence-corrected chi connectivity index (χ4v) is 1.29. The summed E-state index contributed by atoms with van der Waals surface area (Å²) in [6.45, 7) is 3.34. The van der Waals surface area contributed by atoms with E-state index in [0.29, 0.717) is 11.3 Å². The quantitative estimate of drug-likeness (QED) is 0.659. The molecule has 0 spiro atoms. The number of methoxy groups -OCH3 is 1. The molecular formula is C10H13FO. The Morgan fingerprint density at radius 2 is 1.83 bits per heavy atom. The molecule has 1 nitrogen and oxygen atoms in total. The summed E-state index contributed by atoms with van der Waals surface area (Å²) in [6, 6.07) is 3.85. The summed E-state index contributed by atoms with van der Waals surface area (Å²) < 4.78 is 17.6. The zero-order chi connectivity index (χ0) is 9.14. The van der Waals surface area contributed by atoms with Crippen LogP contribution in [0.15, 0.2) is 12.1 Å². The molecule has 0 aliphatic carbocycles. The lowest BCUT2D eigenvalue weighted by molar-refractivity contribution is 0.390. The monoisotopic (exact) mass is 168 g/mol. The van der Waals surface area contributed by atoms with Gasteiger partial charge in [-0.15, -0.1) is 0 Å². The highest BCUT2D eigenvalue weighted by Gasteiger charge is 2.07. The summed E-state index contributed by atoms with van der Waals surface area (Å²) in [5.41, 5.74) is 2.59. The van der Waals surface area contributed by atoms with Gasteiger partial charge in [0, 0.05) is 5.56 Å². The van der Waals surface area contributed by atoms with Crippen LogP contribution in [0.25, 0.3) is 0 Å². The van der Waals surface area contributed by atoms with Crippen LogP contribution in [-0.2, 0) is 6.67 Å². The van der Waals surface area contributed by atoms with Crippen molar-refractivity contribution in [2.45, 2.75) is 20.5 Å². The number of hydrogen-bond acceptors (Lipinski definition) is 1. The summed E-state index contributed by atoms with van der Waals surface area (Å²) in [6.07, 6.45) is 0. The molecular weight excluding hydrogens is 155 g/mol. The molecule has 0 aliphatic heterocycles. The second-order valence-electron chi connectivity index (χ2n) is 2.84. The standard InChI is InChI=1S/C10H13FO/c1-7-4-5-8(2)10(12-3)9(7)6-11/h4-5H,6H2,1-3H3. The molecule has 1 rings (SSSR count). The van der Waals surface area contributed by atoms with Crippen LogP contribution < -0.4 is 4.74 Å². The van der Waals surface area contributed by atoms with Crippen molar-refractivity contribution < 1.29 is 9.13 Å². The Hall–Kier alpha value is -1.05. The lowest BCUT2D eigenvalue weighted by Gasteiger charge is -2.10. The SMILES string of the molecule is COc1c(C)ccc(C)c1CF. The minimum Gasteiger partial charge on any atom is -0.496 e. The molecule has 0 fully saturated rings. The van der Waals surface area contributed by atoms with Crippen molar-refractivity contribution >= 4 is 0 Å². The van der Waals surface area contributed by atoms with Gasteiger partial charge in [-0.1, -0.05) is 12.1 Å². The van der Waals surface area contributed by atoms with Gasteiger partial charge in [0.2, 0.25) is 0 Å². The molecule has 66 valence electrons. The Kier molecular flexibility index (Phi) is 2.69. The van der Waals surface area contributed by atoms with E-state index in [1.165, 1.54) is 0 Å². The van der Waals surface area contributed by atoms with Gasteiger partial charge >= 0.3 is 0 Å². The Morgan fingerprint density at radius 3 is 2.25 bits per heavy atom. The zero-order valence-electron chi connectivity index (χ0n) is 7.65. The first-order valence-corrected chi connectivity index (χ1v) is 3.89. The number of alkyl halides is 1. The highest BCUT2D eigenvalue weighted by atomic mass is 19.1. The molecule has 1 aromatic carbocycles. The van der Waals surface area contributed by atoms with Crippen LogP contribution in [0.3, 0.4) is 0 Å². The first kappa shape index (κ1) is 9.04. The normalized spacial score (nSPS) is 10.0. The smallest absolute Gasteiger partial charge is 0.127 e. The Labute approximate surface area is 72.2 Å². The van der Waals surface area contributed by atoms with Crippen LogP contribution in [0, 0.1) is 13.8 Å². The van der Waals surface area contributed by atoms with E-state index in [-0.39, 0.29) is 0 Å². The molecule has 0 radical (unpaired) electrons. The van der Waals surface area contributed by atoms with Crippen LogP contribution in [0.5, 0.6) is 5.75 Å². The maximum atomic E-state index is 12.5. The number of hydrogen-bond donors (Lipinski definition) is 0. The third-order valence-corrected chi connectivity index (χ3v) is 2.03. The number of rotatable bonds is 2. The summed E-state index contributed by atoms with van der Waals surface area (Å²) in [7, 11) is 1.57. The number of benzene rings is 1. The number of ether oxygens (including phenoxy) is 1. The van der Waals surface area contributed by atoms with Crippen LogP contribution in [-0.4, -0.2) is 7.11 Å². The summed E-state index contributed by atoms with van der Waals surface area (Å²) >= 11 is 0. The van der Waals surface area contributed by atoms with Gasteiger partial charge in [0.05, 0.1) is 7.11 Å². The van der Waals surface area contributed by atoms with Gasteiger partial charge in [0.15, 0.2) is 0 Å². The van der Waals surface area contributed by atoms with E-state index in [4.69, 9.17) is 4.74 Å². The van der Waals surface area contributed by atoms with Crippen molar-refractivity contribution in [1.29, 1.82) is 0 Å². The molecule has 0 saturated carbocycles. The molecule has 0 N–H and O–H groups in total. The minimum absolute atomic E-state index is 0.462. The summed E-state index contributed by atoms with van der Waals surface area (Å²) in [5.74, 6) is 0.678. The van der Waals surface area contributed by atoms with Gasteiger partial charge < -0.3 is 4.74 Å². The first-order valence-electron chi connectivity index (χ1n) is 3.89. The van der Waals surface area contributed by atoms with Crippen molar-refractivity contribution in [2.24, 2.45) is 0 Å². The van der Waals surface area contributed by atoms with E-state index in [9.17, 15) is 4.39 Å². The molecule has 0 heterocycles. The Bertz CT molecular complexity index is 252. The zero-order valence-corrected chi connectivity index (χ0v) is 7.65. The van der Waals surface area contributed by atoms with Crippen molar-refractivity contribution in [2.75, 3.05) is 7.11 Å². The van der Waals surface area contributed by atoms with Gasteiger partial charge in [-0.2, -0.15) is 0 Å². The van der Waals surface area contributed by atoms with Crippen LogP contribution in [0.2, 0.25) is 0 Å². The molecule has 0 saturated heterocycles. The summed E-state index contributed by atoms with van der Waals surface area (Å²) in [5, 5.41) is 0. The molecule has 1 aromatic rings. The van der Waals surface area contributed by atoms with Crippen LogP contribution in [0.4, 0.5) is 4.39 Å². The molecule has 0 bridgehead atoms. The fraction of sp³-hybridized carbons (Fsp3) is 0.400. The van der Waals surface area contributed by atoms with Gasteiger partial charge in [0.1, 0.15) is 12.4 Å². The maximum absolute atomic E-state index is 12.5. The molecule has 0 amide bonds. The number of halogens is 1. The largest absolute Gasteiger partial charge is 0.496 e. The lowest BCUT2D eigenvalue weighted by Crippen LogP contribution is -1.95. The maximum Gasteiger partial charge on any atom is 0.127 e. The third kappa shape index (κ3) is 1.42. The average Bonchev–Trinajstić information content (AvgIpc) is 2.08. The van der Waals surface area contributed by atoms with E-state index in [2.05, 4.69) is 0 Å². The molecule has 0 atom stereocenters. The Morgan fingerprint density at radius 1 is 1.25 bits per heavy atom. The van der Waals surface area contributed by atoms with Crippen LogP contribution >= 0.6 is 0 Å². The van der Waals surface area contributed by atoms with E-state index in [0.717, 1.165) is 11.1 Å². The molecule has 0 aliphatic rings. The van der Waals surface area contributed by atoms with E-state index in [1.54, 1.807) is 7.11 Å². The predicted molar refractivity (Wildman–Crippen MR) is 47.3 cm³/mol. The van der Waals surface area contributed by atoms with Crippen molar-refractivity contribution in [3.8, 4) is 5.75 Å². The molecule has 2 heteroatoms. The topological polar surface area (TPSA) is 9.23 Å². The van der Waals surface area contributed by atoms with Gasteiger partial charge in [0.25, 0.3) is 0 Å². The second-order valence-corrected chi connectivity index (χ2v) is 2.84. The predicted octanol–water partition coefficient (Wildman–Crippen LogP) is 2.78. The first-order chi connectivity index (χ1) is 5.70. The van der Waals surface area contributed by atoms with Crippen LogP contribution in [0.1, 0.15) is 16.7 Å². The van der Waals surface area contributed by atoms with E-state index in [1.807, 2.05) is 26.0 Å². The third-order valence-electron chi connectivity index (χ3n) is 2.03. The lowest BCUT2D eigenvalue weighted by atomic mass is 10.1. The van der Waals surface area contributed by atoms with Gasteiger partial charge in [-0.3, -0.25) is 0 Å². The summed E-state index contributed by atoms with van der Waals surface area (Å²) in [4.78, 5) is 0. The van der Waals surface area contributed by atoms with E-state index < -0.39 is 6.67 Å². The number of aryl methyl sites for hydroxylation is 2. The fourth-order valence-electron chi connectivity index (χ4n) is 1.29. The van der Waals surface area contributed by atoms with Crippen molar-refractivity contribution in [3.05, 3.63) is 28.8 Å². The van der Waals surface area contributed by atoms with Gasteiger partial charge in [-0.05, 0) is 25.0 Å².